The molecule has 0 aliphatic rings. The molecule has 0 fully saturated rings. The normalized spacial score (nSPS) is 13.9. The molecule has 1 rings (SSSR count). The quantitative estimate of drug-likeness (QED) is 0.495. The molecule has 0 aromatic heterocycles. The summed E-state index contributed by atoms with van der Waals surface area (Å²) in [5.41, 5.74) is 0.0518. The number of methoxy groups -OCH3 is 1. The summed E-state index contributed by atoms with van der Waals surface area (Å²) in [7, 11) is 3.13. The number of hydrogen-bond donors (Lipinski definition) is 3. The highest BCUT2D eigenvalue weighted by Crippen LogP contribution is 2.31. The first-order chi connectivity index (χ1) is 9.01. The molecule has 0 radical (unpaired) electrons. The second kappa shape index (κ2) is 7.03. The van der Waals surface area contributed by atoms with Gasteiger partial charge in [0, 0.05) is 17.7 Å². The van der Waals surface area contributed by atoms with Crippen molar-refractivity contribution in [3.8, 4) is 5.75 Å². The van der Waals surface area contributed by atoms with Crippen LogP contribution >= 0.6 is 0 Å². The fourth-order valence-corrected chi connectivity index (χ4v) is 1.72. The minimum atomic E-state index is -1.23. The molecule has 2 unspecified atom stereocenters. The molecule has 19 heavy (non-hydrogen) atoms. The van der Waals surface area contributed by atoms with Crippen LogP contribution in [0.5, 0.6) is 5.75 Å². The summed E-state index contributed by atoms with van der Waals surface area (Å²) in [5, 5.41) is 33.5. The number of aliphatic hydroxyl groups excluding tert-OH is 2. The molecule has 1 aromatic rings. The zero-order valence-corrected chi connectivity index (χ0v) is 10.9. The summed E-state index contributed by atoms with van der Waals surface area (Å²) >= 11 is 0. The van der Waals surface area contributed by atoms with Crippen LogP contribution in [0.1, 0.15) is 18.1 Å². The number of aliphatic hydroxyl groups is 2. The molecule has 0 aliphatic carbocycles. The Balaban J connectivity index is 3.01. The Morgan fingerprint density at radius 2 is 2.16 bits per heavy atom. The van der Waals surface area contributed by atoms with Gasteiger partial charge in [-0.25, -0.2) is 0 Å². The molecule has 106 valence electrons. The lowest BCUT2D eigenvalue weighted by Crippen LogP contribution is -2.23. The molecule has 2 atom stereocenters. The smallest absolute Gasteiger partial charge is 0.270 e. The van der Waals surface area contributed by atoms with Gasteiger partial charge in [0.25, 0.3) is 5.69 Å². The average Bonchev–Trinajstić information content (AvgIpc) is 2.42. The maximum Gasteiger partial charge on any atom is 0.270 e. The number of nitro groups is 1. The lowest BCUT2D eigenvalue weighted by molar-refractivity contribution is -0.385. The monoisotopic (exact) mass is 270 g/mol. The Kier molecular flexibility index (Phi) is 5.68. The molecule has 3 N–H and O–H groups in total. The van der Waals surface area contributed by atoms with E-state index in [1.54, 1.807) is 7.05 Å². The molecule has 0 amide bonds. The molecular weight excluding hydrogens is 252 g/mol. The van der Waals surface area contributed by atoms with Crippen molar-refractivity contribution in [3.63, 3.8) is 0 Å². The van der Waals surface area contributed by atoms with Crippen LogP contribution in [0.3, 0.4) is 0 Å². The topological polar surface area (TPSA) is 105 Å². The molecule has 0 saturated carbocycles. The van der Waals surface area contributed by atoms with Crippen molar-refractivity contribution in [2.75, 3.05) is 20.7 Å². The van der Waals surface area contributed by atoms with Crippen LogP contribution in [0.15, 0.2) is 18.2 Å². The van der Waals surface area contributed by atoms with Gasteiger partial charge in [0.15, 0.2) is 0 Å². The number of non-ortho nitro benzene ring substituents is 1. The number of nitro benzene ring substituents is 1. The third kappa shape index (κ3) is 3.88. The van der Waals surface area contributed by atoms with Gasteiger partial charge in [-0.3, -0.25) is 10.1 Å². The Morgan fingerprint density at radius 3 is 2.68 bits per heavy atom. The largest absolute Gasteiger partial charge is 0.496 e. The summed E-state index contributed by atoms with van der Waals surface area (Å²) in [4.78, 5) is 10.2. The summed E-state index contributed by atoms with van der Waals surface area (Å²) in [6.45, 7) is 0.523. The van der Waals surface area contributed by atoms with Crippen molar-refractivity contribution >= 4 is 5.69 Å². The van der Waals surface area contributed by atoms with E-state index in [0.717, 1.165) is 0 Å². The van der Waals surface area contributed by atoms with Crippen molar-refractivity contribution in [1.29, 1.82) is 0 Å². The van der Waals surface area contributed by atoms with Gasteiger partial charge < -0.3 is 20.3 Å². The molecule has 7 nitrogen and oxygen atoms in total. The maximum atomic E-state index is 10.7. The summed E-state index contributed by atoms with van der Waals surface area (Å²) < 4.78 is 5.05. The molecule has 7 heteroatoms. The van der Waals surface area contributed by atoms with Crippen LogP contribution < -0.4 is 10.1 Å². The first kappa shape index (κ1) is 15.4. The van der Waals surface area contributed by atoms with E-state index in [-0.39, 0.29) is 11.3 Å². The van der Waals surface area contributed by atoms with Crippen LogP contribution in [0.2, 0.25) is 0 Å². The van der Waals surface area contributed by atoms with Gasteiger partial charge in [0.1, 0.15) is 11.9 Å². The maximum absolute atomic E-state index is 10.7. The fraction of sp³-hybridized carbons (Fsp3) is 0.500. The van der Waals surface area contributed by atoms with Gasteiger partial charge in [-0.05, 0) is 26.1 Å². The van der Waals surface area contributed by atoms with E-state index in [1.165, 1.54) is 25.3 Å². The first-order valence-electron chi connectivity index (χ1n) is 5.84. The number of hydrogen-bond acceptors (Lipinski definition) is 6. The fourth-order valence-electron chi connectivity index (χ4n) is 1.72. The molecule has 0 spiro atoms. The molecule has 0 saturated heterocycles. The third-order valence-electron chi connectivity index (χ3n) is 2.80. The second-order valence-electron chi connectivity index (χ2n) is 4.09. The molecular formula is C12H18N2O5. The zero-order chi connectivity index (χ0) is 14.4. The van der Waals surface area contributed by atoms with Crippen molar-refractivity contribution in [2.24, 2.45) is 0 Å². The van der Waals surface area contributed by atoms with Crippen LogP contribution in [0.25, 0.3) is 0 Å². The van der Waals surface area contributed by atoms with Crippen molar-refractivity contribution < 1.29 is 19.9 Å². The Bertz CT molecular complexity index is 438. The van der Waals surface area contributed by atoms with Gasteiger partial charge in [0.2, 0.25) is 0 Å². The number of ether oxygens (including phenoxy) is 1. The number of nitrogens with one attached hydrogen (secondary N) is 1. The SMILES string of the molecule is CNCCC(O)C(O)c1cc([N+](=O)[O-])ccc1OC. The van der Waals surface area contributed by atoms with Gasteiger partial charge in [0.05, 0.1) is 18.1 Å². The Hall–Kier alpha value is -1.70. The standard InChI is InChI=1S/C12H18N2O5/c1-13-6-5-10(15)12(16)9-7-8(14(17)18)3-4-11(9)19-2/h3-4,7,10,12-13,15-16H,5-6H2,1-2H3. The van der Waals surface area contributed by atoms with Crippen molar-refractivity contribution in [2.45, 2.75) is 18.6 Å². The van der Waals surface area contributed by atoms with E-state index in [2.05, 4.69) is 5.32 Å². The van der Waals surface area contributed by atoms with Crippen molar-refractivity contribution in [3.05, 3.63) is 33.9 Å². The predicted molar refractivity (Wildman–Crippen MR) is 69.2 cm³/mol. The summed E-state index contributed by atoms with van der Waals surface area (Å²) in [6.07, 6.45) is -1.93. The Labute approximate surface area is 111 Å². The Morgan fingerprint density at radius 1 is 1.47 bits per heavy atom. The minimum absolute atomic E-state index is 0.157. The van der Waals surface area contributed by atoms with Gasteiger partial charge in [-0.15, -0.1) is 0 Å². The average molecular weight is 270 g/mol. The highest BCUT2D eigenvalue weighted by molar-refractivity contribution is 5.45. The number of rotatable bonds is 7. The van der Waals surface area contributed by atoms with E-state index < -0.39 is 17.1 Å². The van der Waals surface area contributed by atoms with E-state index in [4.69, 9.17) is 4.74 Å². The minimum Gasteiger partial charge on any atom is -0.496 e. The summed E-state index contributed by atoms with van der Waals surface area (Å²) in [6, 6.07) is 3.91. The van der Waals surface area contributed by atoms with Crippen LogP contribution in [-0.4, -0.2) is 41.9 Å². The van der Waals surface area contributed by atoms with E-state index in [0.29, 0.717) is 18.7 Å². The van der Waals surface area contributed by atoms with Gasteiger partial charge in [-0.1, -0.05) is 0 Å². The first-order valence-corrected chi connectivity index (χ1v) is 5.84. The van der Waals surface area contributed by atoms with Crippen molar-refractivity contribution in [1.82, 2.24) is 5.32 Å². The highest BCUT2D eigenvalue weighted by Gasteiger charge is 2.23. The van der Waals surface area contributed by atoms with E-state index >= 15 is 0 Å². The van der Waals surface area contributed by atoms with Crippen LogP contribution in [0, 0.1) is 10.1 Å². The van der Waals surface area contributed by atoms with Crippen LogP contribution in [0.4, 0.5) is 5.69 Å². The molecule has 0 bridgehead atoms. The zero-order valence-electron chi connectivity index (χ0n) is 10.9. The molecule has 0 heterocycles. The second-order valence-corrected chi connectivity index (χ2v) is 4.09. The van der Waals surface area contributed by atoms with E-state index in [9.17, 15) is 20.3 Å². The lowest BCUT2D eigenvalue weighted by Gasteiger charge is -2.20. The van der Waals surface area contributed by atoms with Gasteiger partial charge in [-0.2, -0.15) is 0 Å². The molecule has 1 aromatic carbocycles. The third-order valence-corrected chi connectivity index (χ3v) is 2.80. The molecule has 0 aliphatic heterocycles. The van der Waals surface area contributed by atoms with E-state index in [1.807, 2.05) is 0 Å². The lowest BCUT2D eigenvalue weighted by atomic mass is 10.0. The number of benzene rings is 1. The summed E-state index contributed by atoms with van der Waals surface area (Å²) in [5.74, 6) is 0.307. The predicted octanol–water partition coefficient (Wildman–Crippen LogP) is 0.607. The number of nitrogens with zero attached hydrogens (tertiary/aromatic N) is 1. The van der Waals surface area contributed by atoms with Crippen LogP contribution in [-0.2, 0) is 0 Å². The highest BCUT2D eigenvalue weighted by atomic mass is 16.6. The van der Waals surface area contributed by atoms with Gasteiger partial charge >= 0.3 is 0 Å².